The molecule has 1 aromatic carbocycles. The summed E-state index contributed by atoms with van der Waals surface area (Å²) in [5, 5.41) is 3.23. The lowest BCUT2D eigenvalue weighted by atomic mass is 10.0. The van der Waals surface area contributed by atoms with Crippen LogP contribution >= 0.6 is 0 Å². The molecule has 114 valence electrons. The lowest BCUT2D eigenvalue weighted by Crippen LogP contribution is -2.45. The Morgan fingerprint density at radius 2 is 1.90 bits per heavy atom. The summed E-state index contributed by atoms with van der Waals surface area (Å²) in [6.45, 7) is 2.91. The molecule has 2 rings (SSSR count). The van der Waals surface area contributed by atoms with Crippen LogP contribution in [0.5, 0.6) is 0 Å². The number of nitrogens with zero attached hydrogens (tertiary/aromatic N) is 1. The molecule has 0 aliphatic carbocycles. The summed E-state index contributed by atoms with van der Waals surface area (Å²) >= 11 is 0. The molecule has 1 saturated heterocycles. The quantitative estimate of drug-likeness (QED) is 0.819. The van der Waals surface area contributed by atoms with E-state index in [2.05, 4.69) is 5.32 Å². The normalized spacial score (nSPS) is 17.1. The molecule has 0 aromatic heterocycles. The predicted octanol–water partition coefficient (Wildman–Crippen LogP) is 2.41. The van der Waals surface area contributed by atoms with Gasteiger partial charge in [-0.2, -0.15) is 0 Å². The molecular weight excluding hydrogens is 271 g/mol. The number of amides is 2. The summed E-state index contributed by atoms with van der Waals surface area (Å²) in [5.74, 6) is -0.639. The van der Waals surface area contributed by atoms with E-state index in [1.807, 2.05) is 6.92 Å². The second-order valence-electron chi connectivity index (χ2n) is 5.28. The zero-order chi connectivity index (χ0) is 15.2. The zero-order valence-electron chi connectivity index (χ0n) is 12.3. The van der Waals surface area contributed by atoms with Crippen LogP contribution in [-0.2, 0) is 9.59 Å². The molecule has 21 heavy (non-hydrogen) atoms. The Kier molecular flexibility index (Phi) is 5.44. The maximum atomic E-state index is 14.0. The Hall–Kier alpha value is -1.75. The molecule has 2 amide bonds. The molecule has 0 radical (unpaired) electrons. The number of halogens is 1. The van der Waals surface area contributed by atoms with Crippen molar-refractivity contribution in [1.82, 2.24) is 10.2 Å². The first-order chi connectivity index (χ1) is 10.1. The minimum absolute atomic E-state index is 0.161. The summed E-state index contributed by atoms with van der Waals surface area (Å²) in [7, 11) is 0. The number of carbonyl (C=O) groups excluding carboxylic acids is 2. The van der Waals surface area contributed by atoms with Gasteiger partial charge in [-0.15, -0.1) is 0 Å². The first kappa shape index (κ1) is 15.6. The number of hydrogen-bond acceptors (Lipinski definition) is 3. The number of imide groups is 1. The van der Waals surface area contributed by atoms with E-state index in [1.54, 1.807) is 18.2 Å². The Morgan fingerprint density at radius 1 is 1.24 bits per heavy atom. The summed E-state index contributed by atoms with van der Waals surface area (Å²) < 4.78 is 14.0. The molecule has 0 spiro atoms. The highest BCUT2D eigenvalue weighted by Gasteiger charge is 2.29. The molecule has 0 saturated carbocycles. The SMILES string of the molecule is CCCNC(CN1C(=O)CCCC1=O)c1ccccc1F. The molecule has 1 unspecified atom stereocenters. The molecule has 1 aromatic rings. The van der Waals surface area contributed by atoms with Crippen molar-refractivity contribution in [3.05, 3.63) is 35.6 Å². The highest BCUT2D eigenvalue weighted by molar-refractivity contribution is 5.97. The number of carbonyl (C=O) groups is 2. The number of rotatable bonds is 6. The third-order valence-electron chi connectivity index (χ3n) is 3.67. The fourth-order valence-corrected chi connectivity index (χ4v) is 2.54. The van der Waals surface area contributed by atoms with E-state index in [0.29, 0.717) is 31.4 Å². The van der Waals surface area contributed by atoms with Gasteiger partial charge < -0.3 is 5.32 Å². The van der Waals surface area contributed by atoms with Gasteiger partial charge in [0.15, 0.2) is 0 Å². The largest absolute Gasteiger partial charge is 0.308 e. The number of likely N-dealkylation sites (tertiary alicyclic amines) is 1. The molecule has 1 N–H and O–H groups in total. The average molecular weight is 292 g/mol. The van der Waals surface area contributed by atoms with E-state index in [1.165, 1.54) is 11.0 Å². The summed E-state index contributed by atoms with van der Waals surface area (Å²) in [6.07, 6.45) is 2.29. The van der Waals surface area contributed by atoms with Crippen molar-refractivity contribution in [2.75, 3.05) is 13.1 Å². The van der Waals surface area contributed by atoms with Gasteiger partial charge in [-0.3, -0.25) is 14.5 Å². The number of hydrogen-bond donors (Lipinski definition) is 1. The number of nitrogens with one attached hydrogen (secondary N) is 1. The number of piperidine rings is 1. The van der Waals surface area contributed by atoms with Crippen molar-refractivity contribution < 1.29 is 14.0 Å². The third-order valence-corrected chi connectivity index (χ3v) is 3.67. The Morgan fingerprint density at radius 3 is 2.52 bits per heavy atom. The fraction of sp³-hybridized carbons (Fsp3) is 0.500. The Labute approximate surface area is 124 Å². The van der Waals surface area contributed by atoms with Gasteiger partial charge in [0, 0.05) is 24.9 Å². The first-order valence-electron chi connectivity index (χ1n) is 7.44. The smallest absolute Gasteiger partial charge is 0.229 e. The third kappa shape index (κ3) is 3.88. The maximum Gasteiger partial charge on any atom is 0.229 e. The topological polar surface area (TPSA) is 49.4 Å². The van der Waals surface area contributed by atoms with Crippen LogP contribution in [0.25, 0.3) is 0 Å². The minimum Gasteiger partial charge on any atom is -0.308 e. The summed E-state index contributed by atoms with van der Waals surface area (Å²) in [5.41, 5.74) is 0.497. The minimum atomic E-state index is -0.364. The van der Waals surface area contributed by atoms with Crippen LogP contribution in [0, 0.1) is 5.82 Å². The molecule has 1 atom stereocenters. The van der Waals surface area contributed by atoms with Crippen LogP contribution < -0.4 is 5.32 Å². The van der Waals surface area contributed by atoms with Crippen molar-refractivity contribution >= 4 is 11.8 Å². The van der Waals surface area contributed by atoms with Crippen molar-refractivity contribution in [3.63, 3.8) is 0 Å². The van der Waals surface area contributed by atoms with Crippen molar-refractivity contribution in [1.29, 1.82) is 0 Å². The van der Waals surface area contributed by atoms with E-state index < -0.39 is 0 Å². The number of benzene rings is 1. The Balaban J connectivity index is 2.18. The fourth-order valence-electron chi connectivity index (χ4n) is 2.54. The summed E-state index contributed by atoms with van der Waals surface area (Å²) in [4.78, 5) is 25.1. The van der Waals surface area contributed by atoms with E-state index in [9.17, 15) is 14.0 Å². The van der Waals surface area contributed by atoms with Crippen LogP contribution in [0.15, 0.2) is 24.3 Å². The van der Waals surface area contributed by atoms with Crippen LogP contribution in [0.2, 0.25) is 0 Å². The van der Waals surface area contributed by atoms with Crippen LogP contribution in [0.4, 0.5) is 4.39 Å². The lowest BCUT2D eigenvalue weighted by molar-refractivity contribution is -0.148. The van der Waals surface area contributed by atoms with Crippen LogP contribution in [0.1, 0.15) is 44.2 Å². The van der Waals surface area contributed by atoms with E-state index in [-0.39, 0.29) is 30.2 Å². The van der Waals surface area contributed by atoms with Crippen molar-refractivity contribution in [3.8, 4) is 0 Å². The summed E-state index contributed by atoms with van der Waals surface area (Å²) in [6, 6.07) is 6.13. The second-order valence-corrected chi connectivity index (χ2v) is 5.28. The molecule has 1 aliphatic heterocycles. The predicted molar refractivity (Wildman–Crippen MR) is 78.0 cm³/mol. The molecule has 4 nitrogen and oxygen atoms in total. The molecule has 1 fully saturated rings. The van der Waals surface area contributed by atoms with Gasteiger partial charge in [0.25, 0.3) is 0 Å². The van der Waals surface area contributed by atoms with E-state index >= 15 is 0 Å². The monoisotopic (exact) mass is 292 g/mol. The van der Waals surface area contributed by atoms with E-state index in [4.69, 9.17) is 0 Å². The molecular formula is C16H21FN2O2. The van der Waals surface area contributed by atoms with Crippen molar-refractivity contribution in [2.45, 2.75) is 38.6 Å². The van der Waals surface area contributed by atoms with Gasteiger partial charge in [-0.1, -0.05) is 25.1 Å². The lowest BCUT2D eigenvalue weighted by Gasteiger charge is -2.30. The standard InChI is InChI=1S/C16H21FN2O2/c1-2-10-18-14(12-6-3-4-7-13(12)17)11-19-15(20)8-5-9-16(19)21/h3-4,6-7,14,18H,2,5,8-11H2,1H3. The maximum absolute atomic E-state index is 14.0. The average Bonchev–Trinajstić information content (AvgIpc) is 2.47. The van der Waals surface area contributed by atoms with Crippen LogP contribution in [0.3, 0.4) is 0 Å². The molecule has 5 heteroatoms. The van der Waals surface area contributed by atoms with Gasteiger partial charge in [0.1, 0.15) is 5.82 Å². The van der Waals surface area contributed by atoms with Gasteiger partial charge in [0.2, 0.25) is 11.8 Å². The second kappa shape index (κ2) is 7.31. The molecule has 1 heterocycles. The van der Waals surface area contributed by atoms with Gasteiger partial charge in [-0.05, 0) is 25.5 Å². The zero-order valence-corrected chi connectivity index (χ0v) is 12.3. The van der Waals surface area contributed by atoms with Crippen molar-refractivity contribution in [2.24, 2.45) is 0 Å². The van der Waals surface area contributed by atoms with E-state index in [0.717, 1.165) is 6.42 Å². The molecule has 0 bridgehead atoms. The van der Waals surface area contributed by atoms with Gasteiger partial charge in [0.05, 0.1) is 6.04 Å². The highest BCUT2D eigenvalue weighted by Crippen LogP contribution is 2.21. The first-order valence-corrected chi connectivity index (χ1v) is 7.44. The highest BCUT2D eigenvalue weighted by atomic mass is 19.1. The van der Waals surface area contributed by atoms with Crippen LogP contribution in [-0.4, -0.2) is 29.8 Å². The molecule has 1 aliphatic rings. The van der Waals surface area contributed by atoms with Gasteiger partial charge >= 0.3 is 0 Å². The Bertz CT molecular complexity index is 503. The van der Waals surface area contributed by atoms with Gasteiger partial charge in [-0.25, -0.2) is 4.39 Å².